The van der Waals surface area contributed by atoms with Gasteiger partial charge in [0.2, 0.25) is 5.91 Å². The molecule has 5 heteroatoms. The van der Waals surface area contributed by atoms with Crippen LogP contribution in [-0.4, -0.2) is 54.4 Å². The number of aliphatic hydroxyl groups is 1. The minimum atomic E-state index is -0.0223. The molecule has 17 heavy (non-hydrogen) atoms. The van der Waals surface area contributed by atoms with Gasteiger partial charge in [0.15, 0.2) is 0 Å². The van der Waals surface area contributed by atoms with E-state index in [0.29, 0.717) is 13.0 Å². The minimum absolute atomic E-state index is 0.0223. The Morgan fingerprint density at radius 1 is 1.53 bits per heavy atom. The molecule has 1 unspecified atom stereocenters. The maximum atomic E-state index is 11.9. The summed E-state index contributed by atoms with van der Waals surface area (Å²) in [6, 6.07) is -0.0223. The second-order valence-electron chi connectivity index (χ2n) is 4.55. The lowest BCUT2D eigenvalue weighted by Crippen LogP contribution is -2.43. The van der Waals surface area contributed by atoms with Crippen molar-refractivity contribution in [1.29, 1.82) is 0 Å². The molecule has 0 aromatic carbocycles. The van der Waals surface area contributed by atoms with Gasteiger partial charge in [-0.15, -0.1) is 0 Å². The number of piperidine rings is 1. The molecular weight excluding hydrogens is 220 g/mol. The van der Waals surface area contributed by atoms with E-state index in [2.05, 4.69) is 0 Å². The van der Waals surface area contributed by atoms with Crippen LogP contribution in [0.15, 0.2) is 0 Å². The molecule has 1 saturated heterocycles. The molecule has 100 valence electrons. The molecule has 0 aromatic rings. The Labute approximate surface area is 103 Å². The number of carbonyl (C=O) groups is 1. The molecular formula is C12H24N2O3. The normalized spacial score (nSPS) is 19.4. The number of carbonyl (C=O) groups excluding carboxylic acids is 1. The summed E-state index contributed by atoms with van der Waals surface area (Å²) in [6.07, 6.45) is 3.17. The molecule has 0 radical (unpaired) electrons. The molecule has 1 aliphatic heterocycles. The van der Waals surface area contributed by atoms with Crippen LogP contribution in [0.5, 0.6) is 0 Å². The maximum absolute atomic E-state index is 11.9. The van der Waals surface area contributed by atoms with Gasteiger partial charge in [0.1, 0.15) is 0 Å². The number of hydrogen-bond donors (Lipinski definition) is 2. The summed E-state index contributed by atoms with van der Waals surface area (Å²) >= 11 is 0. The summed E-state index contributed by atoms with van der Waals surface area (Å²) in [5.41, 5.74) is 5.77. The lowest BCUT2D eigenvalue weighted by Gasteiger charge is -2.32. The Balaban J connectivity index is 2.24. The molecule has 0 saturated carbocycles. The van der Waals surface area contributed by atoms with Gasteiger partial charge in [0.25, 0.3) is 0 Å². The van der Waals surface area contributed by atoms with Gasteiger partial charge in [-0.05, 0) is 19.3 Å². The fourth-order valence-corrected chi connectivity index (χ4v) is 1.99. The topological polar surface area (TPSA) is 75.8 Å². The number of aliphatic hydroxyl groups excluding tert-OH is 1. The van der Waals surface area contributed by atoms with Crippen molar-refractivity contribution in [3.63, 3.8) is 0 Å². The van der Waals surface area contributed by atoms with Crippen LogP contribution in [0.1, 0.15) is 32.6 Å². The molecule has 1 amide bonds. The van der Waals surface area contributed by atoms with E-state index in [1.165, 1.54) is 0 Å². The summed E-state index contributed by atoms with van der Waals surface area (Å²) in [7, 11) is 0. The van der Waals surface area contributed by atoms with Crippen molar-refractivity contribution >= 4 is 5.91 Å². The molecule has 0 aliphatic carbocycles. The van der Waals surface area contributed by atoms with E-state index in [-0.39, 0.29) is 24.7 Å². The van der Waals surface area contributed by atoms with Crippen LogP contribution in [0.2, 0.25) is 0 Å². The van der Waals surface area contributed by atoms with Crippen molar-refractivity contribution in [2.75, 3.05) is 26.3 Å². The standard InChI is InChI=1S/C12H24N2O3/c1-2-10(13)9-12(16)14-5-3-11(4-6-14)17-8-7-15/h10-11,15H,2-9,13H2,1H3. The first-order chi connectivity index (χ1) is 8.17. The van der Waals surface area contributed by atoms with E-state index >= 15 is 0 Å². The highest BCUT2D eigenvalue weighted by atomic mass is 16.5. The number of amides is 1. The van der Waals surface area contributed by atoms with E-state index in [0.717, 1.165) is 32.4 Å². The fraction of sp³-hybridized carbons (Fsp3) is 0.917. The first kappa shape index (κ1) is 14.4. The Kier molecular flexibility index (Phi) is 6.47. The largest absolute Gasteiger partial charge is 0.394 e. The maximum Gasteiger partial charge on any atom is 0.224 e. The third-order valence-corrected chi connectivity index (χ3v) is 3.20. The Hall–Kier alpha value is -0.650. The summed E-state index contributed by atoms with van der Waals surface area (Å²) in [5, 5.41) is 8.66. The van der Waals surface area contributed by atoms with Gasteiger partial charge in [0.05, 0.1) is 19.3 Å². The van der Waals surface area contributed by atoms with Crippen molar-refractivity contribution in [3.05, 3.63) is 0 Å². The summed E-state index contributed by atoms with van der Waals surface area (Å²) < 4.78 is 5.45. The molecule has 3 N–H and O–H groups in total. The monoisotopic (exact) mass is 244 g/mol. The van der Waals surface area contributed by atoms with E-state index < -0.39 is 0 Å². The van der Waals surface area contributed by atoms with Crippen LogP contribution in [0.25, 0.3) is 0 Å². The first-order valence-corrected chi connectivity index (χ1v) is 6.43. The number of nitrogens with two attached hydrogens (primary N) is 1. The molecule has 1 rings (SSSR count). The van der Waals surface area contributed by atoms with Gasteiger partial charge < -0.3 is 20.5 Å². The van der Waals surface area contributed by atoms with Crippen LogP contribution in [0, 0.1) is 0 Å². The SMILES string of the molecule is CCC(N)CC(=O)N1CCC(OCCO)CC1. The third-order valence-electron chi connectivity index (χ3n) is 3.20. The minimum Gasteiger partial charge on any atom is -0.394 e. The van der Waals surface area contributed by atoms with Crippen LogP contribution in [-0.2, 0) is 9.53 Å². The predicted octanol–water partition coefficient (Wildman–Crippen LogP) is 0.114. The number of likely N-dealkylation sites (tertiary alicyclic amines) is 1. The molecule has 0 bridgehead atoms. The van der Waals surface area contributed by atoms with Crippen LogP contribution in [0.3, 0.4) is 0 Å². The molecule has 1 fully saturated rings. The Morgan fingerprint density at radius 3 is 2.71 bits per heavy atom. The zero-order chi connectivity index (χ0) is 12.7. The van der Waals surface area contributed by atoms with Crippen molar-refractivity contribution in [2.45, 2.75) is 44.8 Å². The summed E-state index contributed by atoms with van der Waals surface area (Å²) in [5.74, 6) is 0.153. The van der Waals surface area contributed by atoms with Crippen LogP contribution in [0.4, 0.5) is 0 Å². The number of ether oxygens (including phenoxy) is 1. The molecule has 1 heterocycles. The van der Waals surface area contributed by atoms with Gasteiger partial charge in [-0.2, -0.15) is 0 Å². The molecule has 1 atom stereocenters. The quantitative estimate of drug-likeness (QED) is 0.695. The van der Waals surface area contributed by atoms with E-state index in [1.54, 1.807) is 0 Å². The number of nitrogens with zero attached hydrogens (tertiary/aromatic N) is 1. The van der Waals surface area contributed by atoms with Gasteiger partial charge in [-0.25, -0.2) is 0 Å². The van der Waals surface area contributed by atoms with Crippen molar-refractivity contribution in [2.24, 2.45) is 5.73 Å². The second kappa shape index (κ2) is 7.63. The van der Waals surface area contributed by atoms with E-state index in [9.17, 15) is 4.79 Å². The average Bonchev–Trinajstić information content (AvgIpc) is 2.36. The summed E-state index contributed by atoms with van der Waals surface area (Å²) in [4.78, 5) is 13.7. The van der Waals surface area contributed by atoms with Crippen LogP contribution >= 0.6 is 0 Å². The number of hydrogen-bond acceptors (Lipinski definition) is 4. The summed E-state index contributed by atoms with van der Waals surface area (Å²) in [6.45, 7) is 3.92. The van der Waals surface area contributed by atoms with Crippen LogP contribution < -0.4 is 5.73 Å². The first-order valence-electron chi connectivity index (χ1n) is 6.43. The number of rotatable bonds is 6. The van der Waals surface area contributed by atoms with E-state index in [1.807, 2.05) is 11.8 Å². The smallest absolute Gasteiger partial charge is 0.224 e. The molecule has 0 spiro atoms. The fourth-order valence-electron chi connectivity index (χ4n) is 1.99. The highest BCUT2D eigenvalue weighted by molar-refractivity contribution is 5.76. The Morgan fingerprint density at radius 2 is 2.18 bits per heavy atom. The van der Waals surface area contributed by atoms with Gasteiger partial charge in [0, 0.05) is 25.6 Å². The third kappa shape index (κ3) is 5.02. The van der Waals surface area contributed by atoms with E-state index in [4.69, 9.17) is 15.6 Å². The molecule has 5 nitrogen and oxygen atoms in total. The molecule has 0 aromatic heterocycles. The average molecular weight is 244 g/mol. The van der Waals surface area contributed by atoms with Gasteiger partial charge in [-0.3, -0.25) is 4.79 Å². The zero-order valence-corrected chi connectivity index (χ0v) is 10.6. The van der Waals surface area contributed by atoms with Gasteiger partial charge >= 0.3 is 0 Å². The lowest BCUT2D eigenvalue weighted by molar-refractivity contribution is -0.134. The van der Waals surface area contributed by atoms with Crippen molar-refractivity contribution in [1.82, 2.24) is 4.90 Å². The highest BCUT2D eigenvalue weighted by Gasteiger charge is 2.23. The Bertz CT molecular complexity index is 228. The predicted molar refractivity (Wildman–Crippen MR) is 65.5 cm³/mol. The molecule has 1 aliphatic rings. The lowest BCUT2D eigenvalue weighted by atomic mass is 10.1. The van der Waals surface area contributed by atoms with Gasteiger partial charge in [-0.1, -0.05) is 6.92 Å². The van der Waals surface area contributed by atoms with Crippen molar-refractivity contribution in [3.8, 4) is 0 Å². The highest BCUT2D eigenvalue weighted by Crippen LogP contribution is 2.15. The second-order valence-corrected chi connectivity index (χ2v) is 4.55. The zero-order valence-electron chi connectivity index (χ0n) is 10.6. The van der Waals surface area contributed by atoms with Crippen molar-refractivity contribution < 1.29 is 14.6 Å².